The van der Waals surface area contributed by atoms with Crippen LogP contribution in [0, 0.1) is 0 Å². The molecule has 0 atom stereocenters. The molecule has 0 radical (unpaired) electrons. The predicted molar refractivity (Wildman–Crippen MR) is 102 cm³/mol. The van der Waals surface area contributed by atoms with Gasteiger partial charge < -0.3 is 4.57 Å². The summed E-state index contributed by atoms with van der Waals surface area (Å²) in [6.45, 7) is 0.914. The lowest BCUT2D eigenvalue weighted by molar-refractivity contribution is -0.122. The standard InChI is InChI=1S/C21H15ClN2O2/c22-16-9-2-1-7-14(16)17-18(21(26)23-20(17)25)15-11-24-10-4-6-12-5-3-8-13(15)19(12)24/h1-3,5,7-9,11H,4,6,10H2,(H,23,25,26). The van der Waals surface area contributed by atoms with Crippen LogP contribution >= 0.6 is 11.6 Å². The highest BCUT2D eigenvalue weighted by molar-refractivity contribution is 6.51. The van der Waals surface area contributed by atoms with Crippen LogP contribution in [0.3, 0.4) is 0 Å². The number of para-hydroxylation sites is 1. The van der Waals surface area contributed by atoms with E-state index in [1.54, 1.807) is 18.2 Å². The second-order valence-electron chi connectivity index (χ2n) is 6.67. The molecule has 5 heteroatoms. The van der Waals surface area contributed by atoms with E-state index in [4.69, 9.17) is 11.6 Å². The van der Waals surface area contributed by atoms with E-state index < -0.39 is 5.91 Å². The topological polar surface area (TPSA) is 51.1 Å². The lowest BCUT2D eigenvalue weighted by Crippen LogP contribution is -2.22. The quantitative estimate of drug-likeness (QED) is 0.705. The highest BCUT2D eigenvalue weighted by Gasteiger charge is 2.35. The Hall–Kier alpha value is -2.85. The molecule has 128 valence electrons. The van der Waals surface area contributed by atoms with Gasteiger partial charge >= 0.3 is 0 Å². The lowest BCUT2D eigenvalue weighted by atomic mass is 9.95. The first kappa shape index (κ1) is 15.4. The van der Waals surface area contributed by atoms with Gasteiger partial charge in [-0.2, -0.15) is 0 Å². The number of aromatic nitrogens is 1. The highest BCUT2D eigenvalue weighted by Crippen LogP contribution is 2.39. The largest absolute Gasteiger partial charge is 0.347 e. The van der Waals surface area contributed by atoms with Crippen LogP contribution in [-0.2, 0) is 22.6 Å². The molecule has 3 aromatic rings. The van der Waals surface area contributed by atoms with Crippen molar-refractivity contribution in [3.05, 3.63) is 70.4 Å². The second-order valence-corrected chi connectivity index (χ2v) is 7.07. The average Bonchev–Trinajstić information content (AvgIpc) is 3.14. The molecule has 2 aliphatic heterocycles. The van der Waals surface area contributed by atoms with Crippen LogP contribution in [0.25, 0.3) is 22.0 Å². The fourth-order valence-electron chi connectivity index (χ4n) is 4.09. The third-order valence-electron chi connectivity index (χ3n) is 5.17. The minimum absolute atomic E-state index is 0.351. The Labute approximate surface area is 155 Å². The molecular weight excluding hydrogens is 348 g/mol. The van der Waals surface area contributed by atoms with Gasteiger partial charge in [-0.25, -0.2) is 0 Å². The molecule has 3 heterocycles. The number of halogens is 1. The van der Waals surface area contributed by atoms with Gasteiger partial charge in [0, 0.05) is 34.3 Å². The zero-order valence-electron chi connectivity index (χ0n) is 13.9. The van der Waals surface area contributed by atoms with Crippen LogP contribution < -0.4 is 5.32 Å². The van der Waals surface area contributed by atoms with E-state index in [0.29, 0.717) is 21.7 Å². The van der Waals surface area contributed by atoms with Crippen LogP contribution in [0.5, 0.6) is 0 Å². The van der Waals surface area contributed by atoms with Crippen LogP contribution in [0.2, 0.25) is 5.02 Å². The highest BCUT2D eigenvalue weighted by atomic mass is 35.5. The van der Waals surface area contributed by atoms with Crippen molar-refractivity contribution in [2.75, 3.05) is 0 Å². The first-order chi connectivity index (χ1) is 12.6. The molecule has 0 fully saturated rings. The number of rotatable bonds is 2. The van der Waals surface area contributed by atoms with E-state index in [2.05, 4.69) is 16.0 Å². The molecule has 0 saturated heterocycles. The summed E-state index contributed by atoms with van der Waals surface area (Å²) in [6, 6.07) is 13.3. The predicted octanol–water partition coefficient (Wildman–Crippen LogP) is 3.81. The third kappa shape index (κ3) is 2.09. The summed E-state index contributed by atoms with van der Waals surface area (Å²) in [5.74, 6) is -0.765. The first-order valence-electron chi connectivity index (χ1n) is 8.61. The lowest BCUT2D eigenvalue weighted by Gasteiger charge is -2.14. The maximum atomic E-state index is 12.7. The number of hydrogen-bond acceptors (Lipinski definition) is 2. The van der Waals surface area contributed by atoms with Gasteiger partial charge in [0.2, 0.25) is 0 Å². The van der Waals surface area contributed by atoms with Crippen molar-refractivity contribution in [3.63, 3.8) is 0 Å². The number of aryl methyl sites for hydroxylation is 2. The van der Waals surface area contributed by atoms with E-state index in [1.165, 1.54) is 5.56 Å². The molecule has 2 aromatic carbocycles. The van der Waals surface area contributed by atoms with E-state index in [-0.39, 0.29) is 5.91 Å². The first-order valence-corrected chi connectivity index (χ1v) is 8.99. The molecule has 26 heavy (non-hydrogen) atoms. The monoisotopic (exact) mass is 362 g/mol. The second kappa shape index (κ2) is 5.58. The normalized spacial score (nSPS) is 16.5. The Morgan fingerprint density at radius 1 is 0.923 bits per heavy atom. The van der Waals surface area contributed by atoms with E-state index in [1.807, 2.05) is 24.4 Å². The molecule has 0 unspecified atom stereocenters. The Balaban J connectivity index is 1.85. The van der Waals surface area contributed by atoms with Crippen LogP contribution in [-0.4, -0.2) is 16.4 Å². The van der Waals surface area contributed by atoms with Gasteiger partial charge in [-0.3, -0.25) is 14.9 Å². The summed E-state index contributed by atoms with van der Waals surface area (Å²) >= 11 is 6.33. The van der Waals surface area contributed by atoms with Crippen LogP contribution in [0.1, 0.15) is 23.1 Å². The Morgan fingerprint density at radius 3 is 2.50 bits per heavy atom. The Morgan fingerprint density at radius 2 is 1.69 bits per heavy atom. The zero-order chi connectivity index (χ0) is 17.8. The zero-order valence-corrected chi connectivity index (χ0v) is 14.6. The molecule has 2 aliphatic rings. The fraction of sp³-hybridized carbons (Fsp3) is 0.143. The van der Waals surface area contributed by atoms with Gasteiger partial charge in [-0.1, -0.05) is 48.0 Å². The van der Waals surface area contributed by atoms with Crippen molar-refractivity contribution in [3.8, 4) is 0 Å². The average molecular weight is 363 g/mol. The number of amides is 2. The van der Waals surface area contributed by atoms with Gasteiger partial charge in [-0.15, -0.1) is 0 Å². The number of hydrogen-bond donors (Lipinski definition) is 1. The number of carbonyl (C=O) groups excluding carboxylic acids is 2. The van der Waals surface area contributed by atoms with Crippen molar-refractivity contribution in [2.45, 2.75) is 19.4 Å². The van der Waals surface area contributed by atoms with Gasteiger partial charge in [0.25, 0.3) is 11.8 Å². The summed E-state index contributed by atoms with van der Waals surface area (Å²) in [5.41, 5.74) is 4.58. The van der Waals surface area contributed by atoms with Crippen molar-refractivity contribution in [1.82, 2.24) is 9.88 Å². The minimum Gasteiger partial charge on any atom is -0.347 e. The molecular formula is C21H15ClN2O2. The molecule has 2 amide bonds. The minimum atomic E-state index is -0.398. The molecule has 4 nitrogen and oxygen atoms in total. The number of nitrogens with one attached hydrogen (secondary N) is 1. The van der Waals surface area contributed by atoms with Gasteiger partial charge in [0.1, 0.15) is 0 Å². The molecule has 0 aliphatic carbocycles. The van der Waals surface area contributed by atoms with Crippen molar-refractivity contribution < 1.29 is 9.59 Å². The van der Waals surface area contributed by atoms with Gasteiger partial charge in [0.15, 0.2) is 0 Å². The third-order valence-corrected chi connectivity index (χ3v) is 5.50. The molecule has 1 aromatic heterocycles. The van der Waals surface area contributed by atoms with Crippen LogP contribution in [0.15, 0.2) is 48.7 Å². The molecule has 0 bridgehead atoms. The van der Waals surface area contributed by atoms with E-state index >= 15 is 0 Å². The Bertz CT molecular complexity index is 1140. The number of nitrogens with zero attached hydrogens (tertiary/aromatic N) is 1. The summed E-state index contributed by atoms with van der Waals surface area (Å²) in [6.07, 6.45) is 4.10. The maximum Gasteiger partial charge on any atom is 0.259 e. The summed E-state index contributed by atoms with van der Waals surface area (Å²) in [5, 5.41) is 3.91. The number of carbonyl (C=O) groups is 2. The number of benzene rings is 2. The van der Waals surface area contributed by atoms with Crippen molar-refractivity contribution in [2.24, 2.45) is 0 Å². The smallest absolute Gasteiger partial charge is 0.259 e. The van der Waals surface area contributed by atoms with Crippen LogP contribution in [0.4, 0.5) is 0 Å². The van der Waals surface area contributed by atoms with Crippen molar-refractivity contribution in [1.29, 1.82) is 0 Å². The maximum absolute atomic E-state index is 12.7. The number of imide groups is 1. The van der Waals surface area contributed by atoms with Gasteiger partial charge in [0.05, 0.1) is 16.7 Å². The summed E-state index contributed by atoms with van der Waals surface area (Å²) in [4.78, 5) is 25.2. The van der Waals surface area contributed by atoms with Gasteiger partial charge in [-0.05, 0) is 24.5 Å². The fourth-order valence-corrected chi connectivity index (χ4v) is 4.32. The molecule has 0 spiro atoms. The summed E-state index contributed by atoms with van der Waals surface area (Å²) in [7, 11) is 0. The SMILES string of the molecule is O=C1NC(=O)C(c2cn3c4c(cccc24)CCC3)=C1c1ccccc1Cl. The Kier molecular flexibility index (Phi) is 3.31. The molecule has 0 saturated carbocycles. The summed E-state index contributed by atoms with van der Waals surface area (Å²) < 4.78 is 2.19. The van der Waals surface area contributed by atoms with E-state index in [0.717, 1.165) is 35.9 Å². The van der Waals surface area contributed by atoms with Crippen molar-refractivity contribution >= 4 is 45.5 Å². The molecule has 5 rings (SSSR count). The van der Waals surface area contributed by atoms with E-state index in [9.17, 15) is 9.59 Å². The molecule has 1 N–H and O–H groups in total.